The SMILES string of the molecule is CC(=O)O[C@H]1O[C@H](C)[C@@H](O)[C@H](O)[C@H]1O. The first-order valence-corrected chi connectivity index (χ1v) is 4.30. The van der Waals surface area contributed by atoms with Gasteiger partial charge in [0.15, 0.2) is 0 Å². The van der Waals surface area contributed by atoms with Crippen LogP contribution < -0.4 is 0 Å². The van der Waals surface area contributed by atoms with Crippen LogP contribution in [0.2, 0.25) is 0 Å². The number of carbonyl (C=O) groups is 1. The first-order chi connectivity index (χ1) is 6.43. The highest BCUT2D eigenvalue weighted by Gasteiger charge is 2.43. The van der Waals surface area contributed by atoms with Gasteiger partial charge in [0.1, 0.15) is 18.3 Å². The third-order valence-electron chi connectivity index (χ3n) is 2.09. The van der Waals surface area contributed by atoms with E-state index in [1.165, 1.54) is 6.92 Å². The molecule has 82 valence electrons. The zero-order valence-electron chi connectivity index (χ0n) is 7.95. The van der Waals surface area contributed by atoms with E-state index < -0.39 is 36.7 Å². The van der Waals surface area contributed by atoms with Crippen molar-refractivity contribution in [3.8, 4) is 0 Å². The van der Waals surface area contributed by atoms with Crippen LogP contribution in [-0.4, -0.2) is 52.0 Å². The third-order valence-corrected chi connectivity index (χ3v) is 2.09. The van der Waals surface area contributed by atoms with Gasteiger partial charge in [-0.25, -0.2) is 0 Å². The summed E-state index contributed by atoms with van der Waals surface area (Å²) >= 11 is 0. The molecule has 0 aromatic heterocycles. The van der Waals surface area contributed by atoms with Crippen LogP contribution in [0.3, 0.4) is 0 Å². The fraction of sp³-hybridized carbons (Fsp3) is 0.875. The summed E-state index contributed by atoms with van der Waals surface area (Å²) in [6.45, 7) is 2.68. The Hall–Kier alpha value is -0.690. The van der Waals surface area contributed by atoms with Gasteiger partial charge in [-0.2, -0.15) is 0 Å². The molecule has 0 radical (unpaired) electrons. The summed E-state index contributed by atoms with van der Waals surface area (Å²) in [7, 11) is 0. The van der Waals surface area contributed by atoms with E-state index in [-0.39, 0.29) is 0 Å². The summed E-state index contributed by atoms with van der Waals surface area (Å²) in [5.74, 6) is -0.621. The van der Waals surface area contributed by atoms with Crippen LogP contribution in [0.25, 0.3) is 0 Å². The normalized spacial score (nSPS) is 43.4. The van der Waals surface area contributed by atoms with Crippen LogP contribution in [-0.2, 0) is 14.3 Å². The zero-order valence-corrected chi connectivity index (χ0v) is 7.95. The Morgan fingerprint density at radius 3 is 2.29 bits per heavy atom. The molecule has 1 fully saturated rings. The minimum atomic E-state index is -1.43. The lowest BCUT2D eigenvalue weighted by atomic mass is 10.0. The van der Waals surface area contributed by atoms with E-state index in [1.54, 1.807) is 0 Å². The van der Waals surface area contributed by atoms with Crippen molar-refractivity contribution in [3.63, 3.8) is 0 Å². The van der Waals surface area contributed by atoms with Crippen LogP contribution in [0.1, 0.15) is 13.8 Å². The second kappa shape index (κ2) is 4.22. The fourth-order valence-electron chi connectivity index (χ4n) is 1.27. The Balaban J connectivity index is 2.65. The molecule has 0 bridgehead atoms. The van der Waals surface area contributed by atoms with Crippen LogP contribution in [0.5, 0.6) is 0 Å². The molecule has 0 aliphatic carbocycles. The number of carbonyl (C=O) groups excluding carboxylic acids is 1. The van der Waals surface area contributed by atoms with Gasteiger partial charge in [0.05, 0.1) is 6.10 Å². The summed E-state index contributed by atoms with van der Waals surface area (Å²) in [6, 6.07) is 0. The lowest BCUT2D eigenvalue weighted by molar-refractivity contribution is -0.284. The van der Waals surface area contributed by atoms with E-state index in [4.69, 9.17) is 4.74 Å². The van der Waals surface area contributed by atoms with E-state index in [1.807, 2.05) is 0 Å². The Kier molecular flexibility index (Phi) is 3.43. The van der Waals surface area contributed by atoms with Crippen molar-refractivity contribution in [1.82, 2.24) is 0 Å². The highest BCUT2D eigenvalue weighted by Crippen LogP contribution is 2.21. The molecule has 0 spiro atoms. The second-order valence-corrected chi connectivity index (χ2v) is 3.29. The van der Waals surface area contributed by atoms with Gasteiger partial charge in [-0.1, -0.05) is 0 Å². The molecule has 1 heterocycles. The maximum atomic E-state index is 10.6. The molecule has 1 aliphatic rings. The molecule has 1 aliphatic heterocycles. The van der Waals surface area contributed by atoms with Gasteiger partial charge in [0, 0.05) is 6.92 Å². The highest BCUT2D eigenvalue weighted by atomic mass is 16.7. The van der Waals surface area contributed by atoms with E-state index in [0.29, 0.717) is 0 Å². The molecule has 0 saturated carbocycles. The summed E-state index contributed by atoms with van der Waals surface area (Å²) < 4.78 is 9.60. The minimum Gasteiger partial charge on any atom is -0.433 e. The average molecular weight is 206 g/mol. The van der Waals surface area contributed by atoms with Gasteiger partial charge in [0.25, 0.3) is 0 Å². The largest absolute Gasteiger partial charge is 0.433 e. The van der Waals surface area contributed by atoms with Gasteiger partial charge in [-0.05, 0) is 6.92 Å². The Morgan fingerprint density at radius 1 is 1.21 bits per heavy atom. The monoisotopic (exact) mass is 206 g/mol. The van der Waals surface area contributed by atoms with Crippen molar-refractivity contribution in [3.05, 3.63) is 0 Å². The molecule has 1 rings (SSSR count). The Labute approximate surface area is 81.1 Å². The quantitative estimate of drug-likeness (QED) is 0.446. The van der Waals surface area contributed by atoms with Crippen LogP contribution in [0.4, 0.5) is 0 Å². The van der Waals surface area contributed by atoms with Gasteiger partial charge >= 0.3 is 5.97 Å². The molecule has 6 heteroatoms. The van der Waals surface area contributed by atoms with Crippen molar-refractivity contribution in [2.75, 3.05) is 0 Å². The molecule has 3 N–H and O–H groups in total. The molecular weight excluding hydrogens is 192 g/mol. The molecule has 0 aromatic carbocycles. The number of ether oxygens (including phenoxy) is 2. The Morgan fingerprint density at radius 2 is 1.79 bits per heavy atom. The minimum absolute atomic E-state index is 0.621. The predicted octanol–water partition coefficient (Wildman–Crippen LogP) is -1.62. The standard InChI is InChI=1S/C8H14O6/c1-3-5(10)6(11)7(12)8(13-3)14-4(2)9/h3,5-8,10-12H,1-2H3/t3-,5-,6+,7-,8-/m1/s1. The predicted molar refractivity (Wildman–Crippen MR) is 44.1 cm³/mol. The number of aliphatic hydroxyl groups excluding tert-OH is 3. The van der Waals surface area contributed by atoms with E-state index in [0.717, 1.165) is 6.92 Å². The van der Waals surface area contributed by atoms with E-state index >= 15 is 0 Å². The molecule has 0 amide bonds. The van der Waals surface area contributed by atoms with Crippen molar-refractivity contribution >= 4 is 5.97 Å². The van der Waals surface area contributed by atoms with Crippen LogP contribution in [0, 0.1) is 0 Å². The topological polar surface area (TPSA) is 96.2 Å². The number of rotatable bonds is 1. The number of hydrogen-bond donors (Lipinski definition) is 3. The smallest absolute Gasteiger partial charge is 0.305 e. The maximum Gasteiger partial charge on any atom is 0.305 e. The molecule has 5 atom stereocenters. The fourth-order valence-corrected chi connectivity index (χ4v) is 1.27. The lowest BCUT2D eigenvalue weighted by Gasteiger charge is -2.38. The first kappa shape index (κ1) is 11.4. The third kappa shape index (κ3) is 2.21. The molecule has 6 nitrogen and oxygen atoms in total. The summed E-state index contributed by atoms with van der Waals surface area (Å²) in [5, 5.41) is 28.0. The van der Waals surface area contributed by atoms with Crippen molar-refractivity contribution in [2.24, 2.45) is 0 Å². The van der Waals surface area contributed by atoms with Gasteiger partial charge in [-0.3, -0.25) is 4.79 Å². The van der Waals surface area contributed by atoms with Crippen LogP contribution >= 0.6 is 0 Å². The molecule has 14 heavy (non-hydrogen) atoms. The van der Waals surface area contributed by atoms with Crippen molar-refractivity contribution in [2.45, 2.75) is 44.6 Å². The lowest BCUT2D eigenvalue weighted by Crippen LogP contribution is -2.57. The maximum absolute atomic E-state index is 10.6. The second-order valence-electron chi connectivity index (χ2n) is 3.29. The molecule has 0 unspecified atom stereocenters. The van der Waals surface area contributed by atoms with Crippen molar-refractivity contribution < 1.29 is 29.6 Å². The van der Waals surface area contributed by atoms with Gasteiger partial charge < -0.3 is 24.8 Å². The number of aliphatic hydroxyl groups is 3. The first-order valence-electron chi connectivity index (χ1n) is 4.30. The number of hydrogen-bond acceptors (Lipinski definition) is 6. The van der Waals surface area contributed by atoms with E-state index in [2.05, 4.69) is 4.74 Å². The van der Waals surface area contributed by atoms with Gasteiger partial charge in [-0.15, -0.1) is 0 Å². The zero-order chi connectivity index (χ0) is 10.9. The summed E-state index contributed by atoms with van der Waals surface area (Å²) in [4.78, 5) is 10.6. The molecule has 1 saturated heterocycles. The summed E-state index contributed by atoms with van der Waals surface area (Å²) in [6.07, 6.45) is -5.90. The molecular formula is C8H14O6. The van der Waals surface area contributed by atoms with Gasteiger partial charge in [0.2, 0.25) is 6.29 Å². The average Bonchev–Trinajstić information content (AvgIpc) is 2.10. The highest BCUT2D eigenvalue weighted by molar-refractivity contribution is 5.66. The van der Waals surface area contributed by atoms with E-state index in [9.17, 15) is 20.1 Å². The Bertz CT molecular complexity index is 218. The van der Waals surface area contributed by atoms with Crippen LogP contribution in [0.15, 0.2) is 0 Å². The number of esters is 1. The summed E-state index contributed by atoms with van der Waals surface area (Å²) in [5.41, 5.74) is 0. The van der Waals surface area contributed by atoms with Crippen molar-refractivity contribution in [1.29, 1.82) is 0 Å². The molecule has 0 aromatic rings.